The third kappa shape index (κ3) is 3.70. The van der Waals surface area contributed by atoms with E-state index in [1.54, 1.807) is 6.20 Å². The van der Waals surface area contributed by atoms with E-state index in [1.807, 2.05) is 6.07 Å². The van der Waals surface area contributed by atoms with Crippen molar-refractivity contribution < 1.29 is 0 Å². The lowest BCUT2D eigenvalue weighted by Gasteiger charge is -2.19. The fourth-order valence-electron chi connectivity index (χ4n) is 2.14. The number of aromatic nitrogens is 2. The van der Waals surface area contributed by atoms with Crippen LogP contribution in [0.15, 0.2) is 42.6 Å². The molecule has 2 N–H and O–H groups in total. The van der Waals surface area contributed by atoms with E-state index in [9.17, 15) is 0 Å². The monoisotopic (exact) mass is 243 g/mol. The van der Waals surface area contributed by atoms with Crippen LogP contribution in [0, 0.1) is 0 Å². The lowest BCUT2D eigenvalue weighted by Crippen LogP contribution is -2.29. The zero-order valence-corrected chi connectivity index (χ0v) is 11.1. The van der Waals surface area contributed by atoms with Crippen LogP contribution in [0.4, 0.5) is 0 Å². The summed E-state index contributed by atoms with van der Waals surface area (Å²) in [4.78, 5) is 0. The van der Waals surface area contributed by atoms with E-state index in [1.165, 1.54) is 5.56 Å². The lowest BCUT2D eigenvalue weighted by molar-refractivity contribution is 0.450. The molecule has 2 atom stereocenters. The van der Waals surface area contributed by atoms with Gasteiger partial charge < -0.3 is 5.32 Å². The summed E-state index contributed by atoms with van der Waals surface area (Å²) in [6, 6.07) is 13.5. The van der Waals surface area contributed by atoms with Gasteiger partial charge in [-0.05, 0) is 38.3 Å². The van der Waals surface area contributed by atoms with Gasteiger partial charge in [-0.25, -0.2) is 0 Å². The zero-order chi connectivity index (χ0) is 12.8. The van der Waals surface area contributed by atoms with Crippen molar-refractivity contribution >= 4 is 0 Å². The maximum Gasteiger partial charge on any atom is 0.0518 e. The van der Waals surface area contributed by atoms with Crippen LogP contribution in [0.5, 0.6) is 0 Å². The molecule has 1 aromatic carbocycles. The van der Waals surface area contributed by atoms with Gasteiger partial charge in [0, 0.05) is 18.3 Å². The molecule has 3 heteroatoms. The van der Waals surface area contributed by atoms with E-state index in [0.29, 0.717) is 12.1 Å². The van der Waals surface area contributed by atoms with E-state index in [-0.39, 0.29) is 0 Å². The predicted octanol–water partition coefficient (Wildman–Crippen LogP) is 3.08. The Balaban J connectivity index is 1.77. The summed E-state index contributed by atoms with van der Waals surface area (Å²) in [5, 5.41) is 10.6. The lowest BCUT2D eigenvalue weighted by atomic mass is 10.1. The van der Waals surface area contributed by atoms with Crippen molar-refractivity contribution in [2.24, 2.45) is 0 Å². The summed E-state index contributed by atoms with van der Waals surface area (Å²) in [6.45, 7) is 4.39. The van der Waals surface area contributed by atoms with E-state index in [0.717, 1.165) is 18.5 Å². The molecule has 0 radical (unpaired) electrons. The van der Waals surface area contributed by atoms with Crippen molar-refractivity contribution in [3.05, 3.63) is 53.9 Å². The summed E-state index contributed by atoms with van der Waals surface area (Å²) >= 11 is 0. The first-order valence-corrected chi connectivity index (χ1v) is 6.55. The van der Waals surface area contributed by atoms with Crippen molar-refractivity contribution in [1.29, 1.82) is 0 Å². The van der Waals surface area contributed by atoms with Crippen molar-refractivity contribution in [3.63, 3.8) is 0 Å². The molecule has 96 valence electrons. The zero-order valence-electron chi connectivity index (χ0n) is 11.1. The molecule has 1 aromatic heterocycles. The fourth-order valence-corrected chi connectivity index (χ4v) is 2.14. The summed E-state index contributed by atoms with van der Waals surface area (Å²) in [5.74, 6) is 0. The second-order valence-electron chi connectivity index (χ2n) is 4.83. The molecule has 2 unspecified atom stereocenters. The van der Waals surface area contributed by atoms with Gasteiger partial charge in [0.2, 0.25) is 0 Å². The highest BCUT2D eigenvalue weighted by molar-refractivity contribution is 5.14. The molecule has 0 aliphatic rings. The Hall–Kier alpha value is -1.61. The molecular formula is C15H21N3. The van der Waals surface area contributed by atoms with Crippen molar-refractivity contribution in [3.8, 4) is 0 Å². The van der Waals surface area contributed by atoms with Crippen LogP contribution < -0.4 is 5.32 Å². The number of nitrogens with one attached hydrogen (secondary N) is 2. The minimum atomic E-state index is 0.318. The van der Waals surface area contributed by atoms with Crippen LogP contribution in [0.3, 0.4) is 0 Å². The maximum atomic E-state index is 3.98. The highest BCUT2D eigenvalue weighted by Crippen LogP contribution is 2.11. The molecule has 0 aliphatic heterocycles. The molecule has 0 amide bonds. The molecule has 0 bridgehead atoms. The van der Waals surface area contributed by atoms with Gasteiger partial charge in [-0.1, -0.05) is 30.3 Å². The normalized spacial score (nSPS) is 14.3. The summed E-state index contributed by atoms with van der Waals surface area (Å²) < 4.78 is 0. The Morgan fingerprint density at radius 3 is 2.61 bits per heavy atom. The van der Waals surface area contributed by atoms with Gasteiger partial charge in [0.15, 0.2) is 0 Å². The first-order valence-electron chi connectivity index (χ1n) is 6.55. The van der Waals surface area contributed by atoms with Crippen molar-refractivity contribution in [2.45, 2.75) is 38.8 Å². The number of nitrogens with zero attached hydrogens (tertiary/aromatic N) is 1. The van der Waals surface area contributed by atoms with Crippen LogP contribution in [-0.4, -0.2) is 16.2 Å². The molecular weight excluding hydrogens is 222 g/mol. The Bertz CT molecular complexity index is 436. The van der Waals surface area contributed by atoms with Crippen LogP contribution >= 0.6 is 0 Å². The predicted molar refractivity (Wildman–Crippen MR) is 74.4 cm³/mol. The molecule has 0 saturated carbocycles. The quantitative estimate of drug-likeness (QED) is 0.818. The van der Waals surface area contributed by atoms with E-state index in [2.05, 4.69) is 59.7 Å². The number of aryl methyl sites for hydroxylation is 1. The highest BCUT2D eigenvalue weighted by Gasteiger charge is 2.10. The highest BCUT2D eigenvalue weighted by atomic mass is 15.1. The van der Waals surface area contributed by atoms with Gasteiger partial charge in [0.1, 0.15) is 0 Å². The van der Waals surface area contributed by atoms with Crippen LogP contribution in [0.1, 0.15) is 37.6 Å². The van der Waals surface area contributed by atoms with Gasteiger partial charge in [-0.15, -0.1) is 0 Å². The third-order valence-electron chi connectivity index (χ3n) is 3.23. The molecule has 2 aromatic rings. The van der Waals surface area contributed by atoms with E-state index in [4.69, 9.17) is 0 Å². The number of hydrogen-bond donors (Lipinski definition) is 2. The summed E-state index contributed by atoms with van der Waals surface area (Å²) in [6.07, 6.45) is 4.05. The van der Waals surface area contributed by atoms with Gasteiger partial charge in [-0.2, -0.15) is 5.10 Å². The number of aromatic amines is 1. The third-order valence-corrected chi connectivity index (χ3v) is 3.23. The smallest absolute Gasteiger partial charge is 0.0518 e. The van der Waals surface area contributed by atoms with Gasteiger partial charge in [-0.3, -0.25) is 5.10 Å². The maximum absolute atomic E-state index is 3.98. The summed E-state index contributed by atoms with van der Waals surface area (Å²) in [7, 11) is 0. The first-order chi connectivity index (χ1) is 8.75. The summed E-state index contributed by atoms with van der Waals surface area (Å²) in [5.41, 5.74) is 2.54. The topological polar surface area (TPSA) is 40.7 Å². The molecule has 18 heavy (non-hydrogen) atoms. The second kappa shape index (κ2) is 6.36. The van der Waals surface area contributed by atoms with E-state index < -0.39 is 0 Å². The number of hydrogen-bond acceptors (Lipinski definition) is 2. The molecule has 1 heterocycles. The Labute approximate surface area is 109 Å². The van der Waals surface area contributed by atoms with Crippen molar-refractivity contribution in [2.75, 3.05) is 0 Å². The minimum Gasteiger partial charge on any atom is -0.306 e. The van der Waals surface area contributed by atoms with E-state index >= 15 is 0 Å². The largest absolute Gasteiger partial charge is 0.306 e. The molecule has 0 fully saturated rings. The van der Waals surface area contributed by atoms with Crippen LogP contribution in [0.25, 0.3) is 0 Å². The minimum absolute atomic E-state index is 0.318. The molecule has 0 spiro atoms. The SMILES string of the molecule is CC(CCc1ccccc1)NC(C)c1ccn[nH]1. The van der Waals surface area contributed by atoms with Gasteiger partial charge >= 0.3 is 0 Å². The van der Waals surface area contributed by atoms with Crippen LogP contribution in [-0.2, 0) is 6.42 Å². The molecule has 0 saturated heterocycles. The Morgan fingerprint density at radius 2 is 1.94 bits per heavy atom. The van der Waals surface area contributed by atoms with Gasteiger partial charge in [0.25, 0.3) is 0 Å². The Morgan fingerprint density at radius 1 is 1.17 bits per heavy atom. The average molecular weight is 243 g/mol. The number of rotatable bonds is 6. The van der Waals surface area contributed by atoms with Crippen molar-refractivity contribution in [1.82, 2.24) is 15.5 Å². The Kier molecular flexibility index (Phi) is 4.53. The average Bonchev–Trinajstić information content (AvgIpc) is 2.91. The standard InChI is InChI=1S/C15H21N3/c1-12(8-9-14-6-4-3-5-7-14)17-13(2)15-10-11-16-18-15/h3-7,10-13,17H,8-9H2,1-2H3,(H,16,18). The van der Waals surface area contributed by atoms with Gasteiger partial charge in [0.05, 0.1) is 5.69 Å². The number of H-pyrrole nitrogens is 1. The molecule has 3 nitrogen and oxygen atoms in total. The number of benzene rings is 1. The second-order valence-corrected chi connectivity index (χ2v) is 4.83. The van der Waals surface area contributed by atoms with Crippen LogP contribution in [0.2, 0.25) is 0 Å². The molecule has 0 aliphatic carbocycles. The fraction of sp³-hybridized carbons (Fsp3) is 0.400. The first kappa shape index (κ1) is 12.8. The molecule has 2 rings (SSSR count).